The summed E-state index contributed by atoms with van der Waals surface area (Å²) in [6.07, 6.45) is 0. The summed E-state index contributed by atoms with van der Waals surface area (Å²) in [5.74, 6) is 0.396. The molecule has 2 rings (SSSR count). The van der Waals surface area contributed by atoms with E-state index in [4.69, 9.17) is 4.74 Å². The molecule has 154 valence electrons. The van der Waals surface area contributed by atoms with Gasteiger partial charge in [-0.3, -0.25) is 4.79 Å². The highest BCUT2D eigenvalue weighted by atomic mass is 32.2. The highest BCUT2D eigenvalue weighted by Crippen LogP contribution is 2.19. The first-order valence-corrected chi connectivity index (χ1v) is 10.8. The molecule has 1 aromatic carbocycles. The van der Waals surface area contributed by atoms with Crippen molar-refractivity contribution in [3.63, 3.8) is 0 Å². The number of carbonyl (C=O) groups is 1. The smallest absolute Gasteiger partial charge is 0.276 e. The van der Waals surface area contributed by atoms with Crippen LogP contribution in [0.2, 0.25) is 0 Å². The Morgan fingerprint density at radius 2 is 1.89 bits per heavy atom. The largest absolute Gasteiger partial charge is 0.497 e. The minimum atomic E-state index is -3.56. The summed E-state index contributed by atoms with van der Waals surface area (Å²) in [4.78, 5) is 13.6. The Hall–Kier alpha value is -2.15. The van der Waals surface area contributed by atoms with Gasteiger partial charge < -0.3 is 15.0 Å². The lowest BCUT2D eigenvalue weighted by Crippen LogP contribution is -3.16. The van der Waals surface area contributed by atoms with Crippen molar-refractivity contribution >= 4 is 15.9 Å². The summed E-state index contributed by atoms with van der Waals surface area (Å²) >= 11 is 0. The van der Waals surface area contributed by atoms with E-state index in [1.165, 1.54) is 23.5 Å². The van der Waals surface area contributed by atoms with E-state index >= 15 is 0 Å². The van der Waals surface area contributed by atoms with Crippen LogP contribution in [0, 0.1) is 17.2 Å². The maximum Gasteiger partial charge on any atom is 0.276 e. The number of hydrogen-bond donors (Lipinski definition) is 2. The third-order valence-electron chi connectivity index (χ3n) is 5.32. The fourth-order valence-corrected chi connectivity index (χ4v) is 4.42. The normalized spacial score (nSPS) is 18.3. The van der Waals surface area contributed by atoms with Gasteiger partial charge in [0.25, 0.3) is 5.91 Å². The lowest BCUT2D eigenvalue weighted by Gasteiger charge is -2.32. The average molecular weight is 410 g/mol. The topological polar surface area (TPSA) is 104 Å². The van der Waals surface area contributed by atoms with Crippen LogP contribution in [-0.4, -0.2) is 64.0 Å². The van der Waals surface area contributed by atoms with E-state index in [0.717, 1.165) is 4.90 Å². The first-order chi connectivity index (χ1) is 13.1. The summed E-state index contributed by atoms with van der Waals surface area (Å²) in [7, 11) is -2.03. The predicted molar refractivity (Wildman–Crippen MR) is 104 cm³/mol. The molecule has 0 radical (unpaired) electrons. The van der Waals surface area contributed by atoms with Crippen molar-refractivity contribution in [1.29, 1.82) is 5.26 Å². The Bertz CT molecular complexity index is 824. The van der Waals surface area contributed by atoms with Crippen LogP contribution in [0.5, 0.6) is 5.75 Å². The van der Waals surface area contributed by atoms with Gasteiger partial charge in [-0.25, -0.2) is 8.42 Å². The molecule has 0 aromatic heterocycles. The van der Waals surface area contributed by atoms with Crippen molar-refractivity contribution in [3.8, 4) is 11.8 Å². The van der Waals surface area contributed by atoms with Gasteiger partial charge in [0.1, 0.15) is 11.3 Å². The summed E-state index contributed by atoms with van der Waals surface area (Å²) in [5.41, 5.74) is -0.907. The second kappa shape index (κ2) is 8.90. The van der Waals surface area contributed by atoms with E-state index in [1.54, 1.807) is 19.1 Å². The van der Waals surface area contributed by atoms with E-state index in [9.17, 15) is 18.5 Å². The van der Waals surface area contributed by atoms with E-state index < -0.39 is 15.6 Å². The number of sulfonamides is 1. The van der Waals surface area contributed by atoms with Crippen molar-refractivity contribution in [2.45, 2.75) is 31.2 Å². The molecule has 1 heterocycles. The van der Waals surface area contributed by atoms with Gasteiger partial charge in [0.05, 0.1) is 44.3 Å². The number of amides is 1. The molecule has 0 aliphatic carbocycles. The standard InChI is InChI=1S/C19H28N4O4S/c1-15(2)19(3,14-20)21-18(24)13-22-9-11-23(12-10-22)28(25,26)17-7-5-16(27-4)6-8-17/h5-8,15H,9-13H2,1-4H3,(H,21,24)/p+1/t19-/m0/s1. The molecule has 0 unspecified atom stereocenters. The van der Waals surface area contributed by atoms with Crippen LogP contribution < -0.4 is 15.0 Å². The van der Waals surface area contributed by atoms with Crippen molar-refractivity contribution < 1.29 is 22.8 Å². The van der Waals surface area contributed by atoms with Crippen molar-refractivity contribution in [2.75, 3.05) is 39.8 Å². The zero-order chi connectivity index (χ0) is 20.9. The van der Waals surface area contributed by atoms with Gasteiger partial charge in [0.2, 0.25) is 10.0 Å². The Labute approximate surface area is 167 Å². The summed E-state index contributed by atoms with van der Waals surface area (Å²) in [6, 6.07) is 8.49. The summed E-state index contributed by atoms with van der Waals surface area (Å²) in [5, 5.41) is 12.1. The van der Waals surface area contributed by atoms with E-state index in [1.807, 2.05) is 13.8 Å². The van der Waals surface area contributed by atoms with Gasteiger partial charge >= 0.3 is 0 Å². The zero-order valence-electron chi connectivity index (χ0n) is 16.9. The molecular formula is C19H29N4O4S+. The minimum absolute atomic E-state index is 0.0112. The van der Waals surface area contributed by atoms with Crippen molar-refractivity contribution in [3.05, 3.63) is 24.3 Å². The maximum absolute atomic E-state index is 12.8. The highest BCUT2D eigenvalue weighted by molar-refractivity contribution is 7.89. The number of nitrogens with zero attached hydrogens (tertiary/aromatic N) is 2. The van der Waals surface area contributed by atoms with Crippen LogP contribution >= 0.6 is 0 Å². The lowest BCUT2D eigenvalue weighted by molar-refractivity contribution is -0.895. The van der Waals surface area contributed by atoms with E-state index in [0.29, 0.717) is 31.9 Å². The SMILES string of the molecule is COc1ccc(S(=O)(=O)N2CC[NH+](CC(=O)N[C@@](C)(C#N)C(C)C)CC2)cc1. The zero-order valence-corrected chi connectivity index (χ0v) is 17.7. The van der Waals surface area contributed by atoms with Gasteiger partial charge in [-0.15, -0.1) is 0 Å². The average Bonchev–Trinajstić information content (AvgIpc) is 2.68. The van der Waals surface area contributed by atoms with Crippen LogP contribution in [0.4, 0.5) is 0 Å². The fourth-order valence-electron chi connectivity index (χ4n) is 2.98. The number of piperazine rings is 1. The Kier molecular flexibility index (Phi) is 7.04. The third-order valence-corrected chi connectivity index (χ3v) is 7.24. The number of benzene rings is 1. The molecule has 2 N–H and O–H groups in total. The third kappa shape index (κ3) is 5.01. The Morgan fingerprint density at radius 1 is 1.32 bits per heavy atom. The number of hydrogen-bond acceptors (Lipinski definition) is 5. The van der Waals surface area contributed by atoms with Crippen LogP contribution in [0.1, 0.15) is 20.8 Å². The molecule has 0 bridgehead atoms. The summed E-state index contributed by atoms with van der Waals surface area (Å²) in [6.45, 7) is 7.47. The molecule has 1 amide bonds. The number of carbonyl (C=O) groups excluding carboxylic acids is 1. The molecule has 9 heteroatoms. The second-order valence-corrected chi connectivity index (χ2v) is 9.46. The second-order valence-electron chi connectivity index (χ2n) is 7.52. The molecule has 28 heavy (non-hydrogen) atoms. The molecular weight excluding hydrogens is 380 g/mol. The van der Waals surface area contributed by atoms with Crippen LogP contribution in [0.25, 0.3) is 0 Å². The first-order valence-electron chi connectivity index (χ1n) is 9.32. The predicted octanol–water partition coefficient (Wildman–Crippen LogP) is -0.361. The minimum Gasteiger partial charge on any atom is -0.497 e. The van der Waals surface area contributed by atoms with Gasteiger partial charge in [0.15, 0.2) is 6.54 Å². The molecule has 8 nitrogen and oxygen atoms in total. The molecule has 0 saturated carbocycles. The van der Waals surface area contributed by atoms with Crippen molar-refractivity contribution in [2.24, 2.45) is 5.92 Å². The number of rotatable bonds is 7. The van der Waals surface area contributed by atoms with Crippen molar-refractivity contribution in [1.82, 2.24) is 9.62 Å². The Balaban J connectivity index is 1.93. The maximum atomic E-state index is 12.8. The lowest BCUT2D eigenvalue weighted by atomic mass is 9.90. The van der Waals surface area contributed by atoms with Gasteiger partial charge in [-0.2, -0.15) is 9.57 Å². The number of nitriles is 1. The molecule has 1 aliphatic rings. The molecule has 1 aromatic rings. The van der Waals surface area contributed by atoms with E-state index in [2.05, 4.69) is 11.4 Å². The van der Waals surface area contributed by atoms with Gasteiger partial charge in [-0.1, -0.05) is 13.8 Å². The number of quaternary nitrogens is 1. The number of methoxy groups -OCH3 is 1. The van der Waals surface area contributed by atoms with Crippen LogP contribution in [0.3, 0.4) is 0 Å². The fraction of sp³-hybridized carbons (Fsp3) is 0.579. The number of ether oxygens (including phenoxy) is 1. The monoisotopic (exact) mass is 409 g/mol. The molecule has 1 aliphatic heterocycles. The summed E-state index contributed by atoms with van der Waals surface area (Å²) < 4.78 is 32.1. The van der Waals surface area contributed by atoms with Gasteiger partial charge in [-0.05, 0) is 37.1 Å². The van der Waals surface area contributed by atoms with Gasteiger partial charge in [0, 0.05) is 0 Å². The molecule has 1 fully saturated rings. The Morgan fingerprint density at radius 3 is 2.36 bits per heavy atom. The quantitative estimate of drug-likeness (QED) is 0.640. The van der Waals surface area contributed by atoms with E-state index in [-0.39, 0.29) is 23.3 Å². The molecule has 1 saturated heterocycles. The molecule has 0 spiro atoms. The van der Waals surface area contributed by atoms with Crippen LogP contribution in [-0.2, 0) is 14.8 Å². The van der Waals surface area contributed by atoms with Crippen LogP contribution in [0.15, 0.2) is 29.2 Å². The highest BCUT2D eigenvalue weighted by Gasteiger charge is 2.34. The number of nitrogens with one attached hydrogen (secondary N) is 2. The first kappa shape index (κ1) is 22.1. The molecule has 1 atom stereocenters.